The van der Waals surface area contributed by atoms with Gasteiger partial charge in [-0.2, -0.15) is 9.97 Å². The lowest BCUT2D eigenvalue weighted by molar-refractivity contribution is 0.954. The minimum absolute atomic E-state index is 0.243. The van der Waals surface area contributed by atoms with Crippen molar-refractivity contribution < 1.29 is 0 Å². The fraction of sp³-hybridized carbons (Fsp3) is 0.267. The standard InChI is InChI=1S/C15H17N7/c1-22-11-5-3-2-4-10(11)18-15(22)21-13-8-12(17-9-6-7-9)19-14(16)20-13/h2-5,8-9H,6-7H2,1H3,(H4,16,17,18,19,20,21). The molecule has 0 aliphatic heterocycles. The third-order valence-corrected chi connectivity index (χ3v) is 3.70. The van der Waals surface area contributed by atoms with Crippen LogP contribution in [-0.4, -0.2) is 25.6 Å². The maximum Gasteiger partial charge on any atom is 0.223 e. The molecular weight excluding hydrogens is 278 g/mol. The number of hydrogen-bond acceptors (Lipinski definition) is 6. The number of nitrogen functional groups attached to an aromatic ring is 1. The van der Waals surface area contributed by atoms with Crippen molar-refractivity contribution in [2.45, 2.75) is 18.9 Å². The topological polar surface area (TPSA) is 93.7 Å². The van der Waals surface area contributed by atoms with E-state index in [9.17, 15) is 0 Å². The number of aromatic nitrogens is 4. The van der Waals surface area contributed by atoms with Crippen molar-refractivity contribution in [1.29, 1.82) is 0 Å². The van der Waals surface area contributed by atoms with E-state index in [0.717, 1.165) is 22.8 Å². The molecule has 1 saturated carbocycles. The molecule has 0 saturated heterocycles. The van der Waals surface area contributed by atoms with Crippen LogP contribution in [0.4, 0.5) is 23.5 Å². The number of nitrogens with two attached hydrogens (primary N) is 1. The van der Waals surface area contributed by atoms with Crippen molar-refractivity contribution in [3.63, 3.8) is 0 Å². The first-order valence-corrected chi connectivity index (χ1v) is 7.28. The molecule has 0 spiro atoms. The number of nitrogens with one attached hydrogen (secondary N) is 2. The van der Waals surface area contributed by atoms with Gasteiger partial charge in [-0.1, -0.05) is 12.1 Å². The van der Waals surface area contributed by atoms with Gasteiger partial charge in [-0.05, 0) is 25.0 Å². The number of rotatable bonds is 4. The fourth-order valence-electron chi connectivity index (χ4n) is 2.41. The second-order valence-electron chi connectivity index (χ2n) is 5.52. The summed E-state index contributed by atoms with van der Waals surface area (Å²) >= 11 is 0. The van der Waals surface area contributed by atoms with E-state index in [1.54, 1.807) is 0 Å². The quantitative estimate of drug-likeness (QED) is 0.683. The molecule has 3 aromatic rings. The summed E-state index contributed by atoms with van der Waals surface area (Å²) in [6, 6.07) is 10.3. The summed E-state index contributed by atoms with van der Waals surface area (Å²) in [4.78, 5) is 13.0. The number of nitrogens with zero attached hydrogens (tertiary/aromatic N) is 4. The van der Waals surface area contributed by atoms with Crippen molar-refractivity contribution in [1.82, 2.24) is 19.5 Å². The number of para-hydroxylation sites is 2. The van der Waals surface area contributed by atoms with E-state index >= 15 is 0 Å². The lowest BCUT2D eigenvalue weighted by Crippen LogP contribution is -2.08. The second kappa shape index (κ2) is 4.87. The number of fused-ring (bicyclic) bond motifs is 1. The zero-order valence-electron chi connectivity index (χ0n) is 12.2. The van der Waals surface area contributed by atoms with E-state index in [-0.39, 0.29) is 5.95 Å². The molecule has 2 aromatic heterocycles. The number of benzene rings is 1. The molecule has 0 radical (unpaired) electrons. The van der Waals surface area contributed by atoms with E-state index in [2.05, 4.69) is 25.6 Å². The minimum atomic E-state index is 0.243. The predicted octanol–water partition coefficient (Wildman–Crippen LogP) is 2.26. The van der Waals surface area contributed by atoms with Gasteiger partial charge < -0.3 is 20.9 Å². The highest BCUT2D eigenvalue weighted by Crippen LogP contribution is 2.26. The van der Waals surface area contributed by atoms with Crippen molar-refractivity contribution in [2.75, 3.05) is 16.4 Å². The first-order valence-electron chi connectivity index (χ1n) is 7.28. The van der Waals surface area contributed by atoms with Gasteiger partial charge in [0.25, 0.3) is 0 Å². The molecule has 7 heteroatoms. The van der Waals surface area contributed by atoms with Gasteiger partial charge >= 0.3 is 0 Å². The molecule has 4 N–H and O–H groups in total. The molecular formula is C15H17N7. The molecule has 0 unspecified atom stereocenters. The normalized spacial score (nSPS) is 14.2. The molecule has 22 heavy (non-hydrogen) atoms. The lowest BCUT2D eigenvalue weighted by atomic mass is 10.3. The van der Waals surface area contributed by atoms with Gasteiger partial charge in [0, 0.05) is 19.2 Å². The fourth-order valence-corrected chi connectivity index (χ4v) is 2.41. The van der Waals surface area contributed by atoms with Gasteiger partial charge in [-0.15, -0.1) is 0 Å². The molecule has 0 bridgehead atoms. The van der Waals surface area contributed by atoms with E-state index in [4.69, 9.17) is 5.73 Å². The van der Waals surface area contributed by atoms with Crippen molar-refractivity contribution in [3.8, 4) is 0 Å². The van der Waals surface area contributed by atoms with Crippen LogP contribution in [0.3, 0.4) is 0 Å². The first-order chi connectivity index (χ1) is 10.7. The molecule has 1 aliphatic rings. The minimum Gasteiger partial charge on any atom is -0.368 e. The van der Waals surface area contributed by atoms with Crippen LogP contribution in [0.1, 0.15) is 12.8 Å². The summed E-state index contributed by atoms with van der Waals surface area (Å²) in [7, 11) is 1.96. The predicted molar refractivity (Wildman–Crippen MR) is 87.1 cm³/mol. The Hall–Kier alpha value is -2.83. The second-order valence-corrected chi connectivity index (χ2v) is 5.52. The summed E-state index contributed by atoms with van der Waals surface area (Å²) in [5.41, 5.74) is 7.79. The zero-order chi connectivity index (χ0) is 15.1. The summed E-state index contributed by atoms with van der Waals surface area (Å²) in [6.45, 7) is 0. The Morgan fingerprint density at radius 3 is 2.68 bits per heavy atom. The van der Waals surface area contributed by atoms with Gasteiger partial charge in [0.2, 0.25) is 11.9 Å². The Balaban J connectivity index is 1.66. The van der Waals surface area contributed by atoms with Gasteiger partial charge in [-0.3, -0.25) is 0 Å². The highest BCUT2D eigenvalue weighted by Gasteiger charge is 2.21. The third kappa shape index (κ3) is 2.41. The monoisotopic (exact) mass is 295 g/mol. The summed E-state index contributed by atoms with van der Waals surface area (Å²) in [6.07, 6.45) is 2.36. The van der Waals surface area contributed by atoms with Crippen molar-refractivity contribution in [2.24, 2.45) is 7.05 Å². The van der Waals surface area contributed by atoms with Crippen molar-refractivity contribution in [3.05, 3.63) is 30.3 Å². The number of anilines is 4. The Morgan fingerprint density at radius 2 is 1.91 bits per heavy atom. The van der Waals surface area contributed by atoms with Gasteiger partial charge in [0.15, 0.2) is 0 Å². The Bertz CT molecular complexity index is 835. The van der Waals surface area contributed by atoms with Gasteiger partial charge in [-0.25, -0.2) is 4.98 Å². The number of aryl methyl sites for hydroxylation is 1. The molecule has 0 amide bonds. The van der Waals surface area contributed by atoms with Crippen LogP contribution in [0.25, 0.3) is 11.0 Å². The molecule has 2 heterocycles. The van der Waals surface area contributed by atoms with Crippen LogP contribution in [0, 0.1) is 0 Å². The largest absolute Gasteiger partial charge is 0.368 e. The van der Waals surface area contributed by atoms with Gasteiger partial charge in [0.1, 0.15) is 11.6 Å². The number of hydrogen-bond donors (Lipinski definition) is 3. The third-order valence-electron chi connectivity index (χ3n) is 3.70. The molecule has 1 fully saturated rings. The van der Waals surface area contributed by atoms with Crippen LogP contribution < -0.4 is 16.4 Å². The average Bonchev–Trinajstić information content (AvgIpc) is 3.24. The molecule has 1 aliphatic carbocycles. The summed E-state index contributed by atoms with van der Waals surface area (Å²) in [5.74, 6) is 2.34. The van der Waals surface area contributed by atoms with E-state index in [1.165, 1.54) is 12.8 Å². The first kappa shape index (κ1) is 12.9. The average molecular weight is 295 g/mol. The summed E-state index contributed by atoms with van der Waals surface area (Å²) in [5, 5.41) is 6.54. The molecule has 0 atom stereocenters. The highest BCUT2D eigenvalue weighted by atomic mass is 15.2. The number of imidazole rings is 1. The highest BCUT2D eigenvalue weighted by molar-refractivity contribution is 5.79. The van der Waals surface area contributed by atoms with Crippen LogP contribution in [0.15, 0.2) is 30.3 Å². The van der Waals surface area contributed by atoms with E-state index in [1.807, 2.05) is 41.9 Å². The van der Waals surface area contributed by atoms with Crippen LogP contribution in [0.5, 0.6) is 0 Å². The van der Waals surface area contributed by atoms with E-state index < -0.39 is 0 Å². The SMILES string of the molecule is Cn1c(Nc2cc(NC3CC3)nc(N)n2)nc2ccccc21. The maximum atomic E-state index is 5.79. The lowest BCUT2D eigenvalue weighted by Gasteiger charge is -2.09. The van der Waals surface area contributed by atoms with Crippen LogP contribution in [0.2, 0.25) is 0 Å². The van der Waals surface area contributed by atoms with Crippen molar-refractivity contribution >= 4 is 34.6 Å². The molecule has 112 valence electrons. The van der Waals surface area contributed by atoms with Crippen LogP contribution in [-0.2, 0) is 7.05 Å². The van der Waals surface area contributed by atoms with Crippen LogP contribution >= 0.6 is 0 Å². The Labute approximate surface area is 127 Å². The van der Waals surface area contributed by atoms with E-state index in [0.29, 0.717) is 11.9 Å². The van der Waals surface area contributed by atoms with Gasteiger partial charge in [0.05, 0.1) is 11.0 Å². The molecule has 1 aromatic carbocycles. The smallest absolute Gasteiger partial charge is 0.223 e. The molecule has 7 nitrogen and oxygen atoms in total. The maximum absolute atomic E-state index is 5.79. The summed E-state index contributed by atoms with van der Waals surface area (Å²) < 4.78 is 1.99. The zero-order valence-corrected chi connectivity index (χ0v) is 12.2. The Morgan fingerprint density at radius 1 is 1.14 bits per heavy atom. The Kier molecular flexibility index (Phi) is 2.85. The molecule has 4 rings (SSSR count).